The summed E-state index contributed by atoms with van der Waals surface area (Å²) in [5, 5.41) is 8.73. The number of nitrogens with zero attached hydrogens (tertiary/aromatic N) is 1. The average Bonchev–Trinajstić information content (AvgIpc) is 2.00. The van der Waals surface area contributed by atoms with Crippen molar-refractivity contribution in [1.82, 2.24) is 4.90 Å². The topological polar surface area (TPSA) is 49.8 Å². The predicted octanol–water partition coefficient (Wildman–Crippen LogP) is 1.21. The molecule has 0 aromatic rings. The molecule has 0 aliphatic carbocycles. The Balaban J connectivity index is 4.05. The van der Waals surface area contributed by atoms with Crippen LogP contribution in [0.1, 0.15) is 27.2 Å². The molecule has 0 heterocycles. The Morgan fingerprint density at radius 3 is 2.36 bits per heavy atom. The minimum atomic E-state index is -0.780. The van der Waals surface area contributed by atoms with E-state index in [-0.39, 0.29) is 12.1 Å². The number of carboxylic acids is 1. The van der Waals surface area contributed by atoms with Gasteiger partial charge in [-0.15, -0.1) is 0 Å². The highest BCUT2D eigenvalue weighted by molar-refractivity contribution is 5.69. The maximum atomic E-state index is 10.6. The van der Waals surface area contributed by atoms with Gasteiger partial charge in [0.15, 0.2) is 0 Å². The number of hydrogen-bond acceptors (Lipinski definition) is 3. The van der Waals surface area contributed by atoms with Gasteiger partial charge in [-0.05, 0) is 27.2 Å². The molecule has 1 N–H and O–H groups in total. The maximum Gasteiger partial charge on any atom is 0.317 e. The molecule has 0 radical (unpaired) electrons. The van der Waals surface area contributed by atoms with Crippen LogP contribution in [-0.2, 0) is 9.53 Å². The summed E-state index contributed by atoms with van der Waals surface area (Å²) in [6.45, 7) is 7.57. The van der Waals surface area contributed by atoms with Crippen LogP contribution in [0.25, 0.3) is 0 Å². The molecule has 0 saturated carbocycles. The molecule has 0 spiro atoms. The SMILES string of the molecule is COCCCN(CC(=O)O)C(C)(C)C. The van der Waals surface area contributed by atoms with Crippen molar-refractivity contribution in [2.75, 3.05) is 26.8 Å². The molecule has 0 rings (SSSR count). The lowest BCUT2D eigenvalue weighted by Crippen LogP contribution is -2.45. The molecule has 0 fully saturated rings. The van der Waals surface area contributed by atoms with Gasteiger partial charge in [0.1, 0.15) is 0 Å². The molecule has 0 bridgehead atoms. The third kappa shape index (κ3) is 5.94. The molecule has 14 heavy (non-hydrogen) atoms. The minimum Gasteiger partial charge on any atom is -0.480 e. The summed E-state index contributed by atoms with van der Waals surface area (Å²) in [6.07, 6.45) is 0.862. The zero-order valence-electron chi connectivity index (χ0n) is 9.54. The van der Waals surface area contributed by atoms with Crippen molar-refractivity contribution in [3.8, 4) is 0 Å². The van der Waals surface area contributed by atoms with E-state index in [0.29, 0.717) is 6.61 Å². The van der Waals surface area contributed by atoms with Crippen LogP contribution in [-0.4, -0.2) is 48.3 Å². The Labute approximate surface area is 85.9 Å². The van der Waals surface area contributed by atoms with Crippen molar-refractivity contribution < 1.29 is 14.6 Å². The Kier molecular flexibility index (Phi) is 5.72. The van der Waals surface area contributed by atoms with Crippen LogP contribution in [0, 0.1) is 0 Å². The fraction of sp³-hybridized carbons (Fsp3) is 0.900. The van der Waals surface area contributed by atoms with Gasteiger partial charge < -0.3 is 9.84 Å². The highest BCUT2D eigenvalue weighted by Gasteiger charge is 2.22. The first-order valence-electron chi connectivity index (χ1n) is 4.83. The predicted molar refractivity (Wildman–Crippen MR) is 55.5 cm³/mol. The molecule has 0 saturated heterocycles. The van der Waals surface area contributed by atoms with Gasteiger partial charge in [0.25, 0.3) is 0 Å². The molecule has 0 unspecified atom stereocenters. The van der Waals surface area contributed by atoms with E-state index < -0.39 is 5.97 Å². The second-order valence-electron chi connectivity index (χ2n) is 4.33. The van der Waals surface area contributed by atoms with Crippen LogP contribution >= 0.6 is 0 Å². The summed E-state index contributed by atoms with van der Waals surface area (Å²) >= 11 is 0. The molecule has 4 nitrogen and oxygen atoms in total. The lowest BCUT2D eigenvalue weighted by molar-refractivity contribution is -0.139. The highest BCUT2D eigenvalue weighted by atomic mass is 16.5. The van der Waals surface area contributed by atoms with Crippen molar-refractivity contribution in [2.24, 2.45) is 0 Å². The van der Waals surface area contributed by atoms with Gasteiger partial charge in [-0.2, -0.15) is 0 Å². The zero-order valence-corrected chi connectivity index (χ0v) is 9.54. The molecule has 0 aromatic heterocycles. The van der Waals surface area contributed by atoms with Crippen molar-refractivity contribution in [3.05, 3.63) is 0 Å². The molecule has 0 aliphatic heterocycles. The summed E-state index contributed by atoms with van der Waals surface area (Å²) in [4.78, 5) is 12.6. The zero-order chi connectivity index (χ0) is 11.2. The molecule has 0 atom stereocenters. The van der Waals surface area contributed by atoms with Crippen LogP contribution in [0.3, 0.4) is 0 Å². The van der Waals surface area contributed by atoms with Gasteiger partial charge in [-0.25, -0.2) is 0 Å². The first-order valence-corrected chi connectivity index (χ1v) is 4.83. The van der Waals surface area contributed by atoms with E-state index in [2.05, 4.69) is 0 Å². The second-order valence-corrected chi connectivity index (χ2v) is 4.33. The molecule has 0 amide bonds. The van der Waals surface area contributed by atoms with E-state index in [9.17, 15) is 4.79 Å². The second kappa shape index (κ2) is 5.98. The van der Waals surface area contributed by atoms with Gasteiger partial charge in [0, 0.05) is 25.8 Å². The summed E-state index contributed by atoms with van der Waals surface area (Å²) < 4.78 is 4.94. The monoisotopic (exact) mass is 203 g/mol. The lowest BCUT2D eigenvalue weighted by atomic mass is 10.1. The van der Waals surface area contributed by atoms with E-state index in [1.165, 1.54) is 0 Å². The molecule has 84 valence electrons. The molecule has 0 aromatic carbocycles. The van der Waals surface area contributed by atoms with Crippen LogP contribution in [0.15, 0.2) is 0 Å². The Morgan fingerprint density at radius 2 is 2.00 bits per heavy atom. The van der Waals surface area contributed by atoms with E-state index >= 15 is 0 Å². The van der Waals surface area contributed by atoms with E-state index in [4.69, 9.17) is 9.84 Å². The molecular weight excluding hydrogens is 182 g/mol. The normalized spacial score (nSPS) is 12.1. The number of ether oxygens (including phenoxy) is 1. The number of carboxylic acid groups (broad SMARTS) is 1. The number of aliphatic carboxylic acids is 1. The fourth-order valence-electron chi connectivity index (χ4n) is 1.21. The first-order chi connectivity index (χ1) is 6.38. The summed E-state index contributed by atoms with van der Waals surface area (Å²) in [5.74, 6) is -0.780. The molecule has 0 aliphatic rings. The van der Waals surface area contributed by atoms with Crippen molar-refractivity contribution in [2.45, 2.75) is 32.7 Å². The maximum absolute atomic E-state index is 10.6. The third-order valence-corrected chi connectivity index (χ3v) is 2.05. The van der Waals surface area contributed by atoms with Gasteiger partial charge in [-0.3, -0.25) is 9.69 Å². The van der Waals surface area contributed by atoms with Crippen molar-refractivity contribution in [1.29, 1.82) is 0 Å². The minimum absolute atomic E-state index is 0.0905. The number of hydrogen-bond donors (Lipinski definition) is 1. The third-order valence-electron chi connectivity index (χ3n) is 2.05. The fourth-order valence-corrected chi connectivity index (χ4v) is 1.21. The Morgan fingerprint density at radius 1 is 1.43 bits per heavy atom. The van der Waals surface area contributed by atoms with Crippen molar-refractivity contribution in [3.63, 3.8) is 0 Å². The van der Waals surface area contributed by atoms with E-state index in [0.717, 1.165) is 13.0 Å². The summed E-state index contributed by atoms with van der Waals surface area (Å²) in [6, 6.07) is 0. The van der Waals surface area contributed by atoms with Gasteiger partial charge in [-0.1, -0.05) is 0 Å². The molecule has 4 heteroatoms. The largest absolute Gasteiger partial charge is 0.480 e. The smallest absolute Gasteiger partial charge is 0.317 e. The van der Waals surface area contributed by atoms with Gasteiger partial charge in [0.05, 0.1) is 6.54 Å². The number of methoxy groups -OCH3 is 1. The first kappa shape index (κ1) is 13.4. The molecular formula is C10H21NO3. The standard InChI is InChI=1S/C10H21NO3/c1-10(2,3)11(8-9(12)13)6-5-7-14-4/h5-8H2,1-4H3,(H,12,13). The Bertz CT molecular complexity index is 175. The summed E-state index contributed by atoms with van der Waals surface area (Å²) in [5.41, 5.74) is -0.105. The number of rotatable bonds is 6. The van der Waals surface area contributed by atoms with Crippen LogP contribution in [0.5, 0.6) is 0 Å². The lowest BCUT2D eigenvalue weighted by Gasteiger charge is -2.34. The number of carbonyl (C=O) groups is 1. The average molecular weight is 203 g/mol. The van der Waals surface area contributed by atoms with Crippen LogP contribution < -0.4 is 0 Å². The Hall–Kier alpha value is -0.610. The van der Waals surface area contributed by atoms with E-state index in [1.807, 2.05) is 25.7 Å². The summed E-state index contributed by atoms with van der Waals surface area (Å²) in [7, 11) is 1.65. The van der Waals surface area contributed by atoms with Crippen LogP contribution in [0.4, 0.5) is 0 Å². The van der Waals surface area contributed by atoms with Crippen LogP contribution in [0.2, 0.25) is 0 Å². The van der Waals surface area contributed by atoms with Gasteiger partial charge >= 0.3 is 5.97 Å². The van der Waals surface area contributed by atoms with Gasteiger partial charge in [0.2, 0.25) is 0 Å². The highest BCUT2D eigenvalue weighted by Crippen LogP contribution is 2.12. The quantitative estimate of drug-likeness (QED) is 0.659. The van der Waals surface area contributed by atoms with E-state index in [1.54, 1.807) is 7.11 Å². The van der Waals surface area contributed by atoms with Crippen molar-refractivity contribution >= 4 is 5.97 Å².